The second kappa shape index (κ2) is 9.35. The van der Waals surface area contributed by atoms with E-state index in [2.05, 4.69) is 4.98 Å². The molecular formula is C21H18ClNO3S. The van der Waals surface area contributed by atoms with Crippen molar-refractivity contribution in [2.75, 3.05) is 0 Å². The molecule has 27 heavy (non-hydrogen) atoms. The Labute approximate surface area is 167 Å². The second-order valence-corrected chi connectivity index (χ2v) is 7.21. The molecule has 0 amide bonds. The van der Waals surface area contributed by atoms with E-state index in [9.17, 15) is 4.79 Å². The Morgan fingerprint density at radius 2 is 1.85 bits per heavy atom. The van der Waals surface area contributed by atoms with Gasteiger partial charge in [-0.25, -0.2) is 9.78 Å². The first-order valence-electron chi connectivity index (χ1n) is 8.31. The zero-order valence-corrected chi connectivity index (χ0v) is 16.3. The van der Waals surface area contributed by atoms with Crippen molar-refractivity contribution in [3.05, 3.63) is 86.8 Å². The third-order valence-corrected chi connectivity index (χ3v) is 4.75. The maximum Gasteiger partial charge on any atom is 0.331 e. The topological polar surface area (TPSA) is 48.4 Å². The van der Waals surface area contributed by atoms with Crippen molar-refractivity contribution in [1.29, 1.82) is 0 Å². The number of ether oxygens (including phenoxy) is 2. The number of benzene rings is 2. The third kappa shape index (κ3) is 6.24. The van der Waals surface area contributed by atoms with Gasteiger partial charge < -0.3 is 9.47 Å². The minimum Gasteiger partial charge on any atom is -0.486 e. The highest BCUT2D eigenvalue weighted by molar-refractivity contribution is 7.09. The molecule has 0 saturated heterocycles. The fourth-order valence-electron chi connectivity index (χ4n) is 2.19. The van der Waals surface area contributed by atoms with Gasteiger partial charge in [-0.3, -0.25) is 0 Å². The Kier molecular flexibility index (Phi) is 6.63. The molecule has 0 bridgehead atoms. The molecule has 0 N–H and O–H groups in total. The molecule has 0 saturated carbocycles. The highest BCUT2D eigenvalue weighted by Crippen LogP contribution is 2.18. The highest BCUT2D eigenvalue weighted by Gasteiger charge is 2.06. The van der Waals surface area contributed by atoms with Gasteiger partial charge in [0.25, 0.3) is 0 Å². The molecule has 1 aromatic heterocycles. The van der Waals surface area contributed by atoms with E-state index in [-0.39, 0.29) is 6.61 Å². The van der Waals surface area contributed by atoms with E-state index < -0.39 is 5.97 Å². The van der Waals surface area contributed by atoms with Crippen molar-refractivity contribution in [3.8, 4) is 5.75 Å². The monoisotopic (exact) mass is 399 g/mol. The summed E-state index contributed by atoms with van der Waals surface area (Å²) < 4.78 is 10.9. The minimum atomic E-state index is -0.400. The highest BCUT2D eigenvalue weighted by atomic mass is 35.5. The summed E-state index contributed by atoms with van der Waals surface area (Å²) in [4.78, 5) is 16.2. The summed E-state index contributed by atoms with van der Waals surface area (Å²) in [7, 11) is 0. The van der Waals surface area contributed by atoms with Crippen LogP contribution in [0.5, 0.6) is 5.75 Å². The first kappa shape index (κ1) is 19.1. The number of thiazole rings is 1. The summed E-state index contributed by atoms with van der Waals surface area (Å²) in [5.74, 6) is 0.325. The maximum atomic E-state index is 11.8. The summed E-state index contributed by atoms with van der Waals surface area (Å²) in [5, 5.41) is 3.33. The predicted molar refractivity (Wildman–Crippen MR) is 108 cm³/mol. The molecule has 4 nitrogen and oxygen atoms in total. The summed E-state index contributed by atoms with van der Waals surface area (Å²) in [6, 6.07) is 15.0. The lowest BCUT2D eigenvalue weighted by atomic mass is 10.1. The number of aryl methyl sites for hydroxylation is 1. The molecule has 0 radical (unpaired) electrons. The smallest absolute Gasteiger partial charge is 0.331 e. The van der Waals surface area contributed by atoms with Crippen LogP contribution in [0, 0.1) is 6.92 Å². The lowest BCUT2D eigenvalue weighted by Gasteiger charge is -2.03. The van der Waals surface area contributed by atoms with E-state index in [4.69, 9.17) is 21.1 Å². The van der Waals surface area contributed by atoms with Gasteiger partial charge in [-0.2, -0.15) is 0 Å². The molecule has 0 atom stereocenters. The molecule has 0 spiro atoms. The van der Waals surface area contributed by atoms with Crippen LogP contribution in [0.25, 0.3) is 6.08 Å². The summed E-state index contributed by atoms with van der Waals surface area (Å²) in [6.45, 7) is 2.51. The van der Waals surface area contributed by atoms with Gasteiger partial charge in [0.1, 0.15) is 24.0 Å². The molecule has 0 fully saturated rings. The number of aromatic nitrogens is 1. The Bertz CT molecular complexity index is 917. The van der Waals surface area contributed by atoms with Crippen LogP contribution in [-0.4, -0.2) is 11.0 Å². The van der Waals surface area contributed by atoms with Crippen molar-refractivity contribution in [1.82, 2.24) is 4.98 Å². The Morgan fingerprint density at radius 1 is 1.11 bits per heavy atom. The number of rotatable bonds is 7. The summed E-state index contributed by atoms with van der Waals surface area (Å²) >= 11 is 7.31. The zero-order chi connectivity index (χ0) is 19.1. The van der Waals surface area contributed by atoms with Gasteiger partial charge >= 0.3 is 5.97 Å². The fourth-order valence-corrected chi connectivity index (χ4v) is 3.01. The molecule has 2 aromatic carbocycles. The van der Waals surface area contributed by atoms with E-state index >= 15 is 0 Å². The van der Waals surface area contributed by atoms with Crippen molar-refractivity contribution in [2.45, 2.75) is 20.1 Å². The van der Waals surface area contributed by atoms with Gasteiger partial charge in [0, 0.05) is 16.5 Å². The molecule has 6 heteroatoms. The molecule has 1 heterocycles. The Hall–Kier alpha value is -2.63. The van der Waals surface area contributed by atoms with Crippen molar-refractivity contribution in [2.24, 2.45) is 0 Å². The maximum absolute atomic E-state index is 11.8. The number of carbonyl (C=O) groups is 1. The van der Waals surface area contributed by atoms with Gasteiger partial charge in [-0.1, -0.05) is 41.4 Å². The molecular weight excluding hydrogens is 382 g/mol. The predicted octanol–water partition coefficient (Wildman–Crippen LogP) is 5.44. The first-order chi connectivity index (χ1) is 13.1. The first-order valence-corrected chi connectivity index (χ1v) is 9.57. The Morgan fingerprint density at radius 3 is 2.59 bits per heavy atom. The molecule has 0 aliphatic rings. The van der Waals surface area contributed by atoms with E-state index in [1.165, 1.54) is 23.0 Å². The number of hydrogen-bond acceptors (Lipinski definition) is 5. The van der Waals surface area contributed by atoms with Crippen LogP contribution >= 0.6 is 22.9 Å². The minimum absolute atomic E-state index is 0.133. The fraction of sp³-hybridized carbons (Fsp3) is 0.143. The lowest BCUT2D eigenvalue weighted by Crippen LogP contribution is -2.01. The van der Waals surface area contributed by atoms with E-state index in [1.54, 1.807) is 30.3 Å². The molecule has 0 unspecified atom stereocenters. The number of esters is 1. The van der Waals surface area contributed by atoms with E-state index in [0.29, 0.717) is 17.3 Å². The number of hydrogen-bond donors (Lipinski definition) is 0. The summed E-state index contributed by atoms with van der Waals surface area (Å²) in [5.41, 5.74) is 2.83. The van der Waals surface area contributed by atoms with Gasteiger partial charge in [-0.05, 0) is 42.8 Å². The lowest BCUT2D eigenvalue weighted by molar-refractivity contribution is -0.139. The van der Waals surface area contributed by atoms with E-state index in [0.717, 1.165) is 16.3 Å². The second-order valence-electron chi connectivity index (χ2n) is 5.83. The van der Waals surface area contributed by atoms with Gasteiger partial charge in [0.15, 0.2) is 0 Å². The van der Waals surface area contributed by atoms with Crippen molar-refractivity contribution >= 4 is 35.0 Å². The van der Waals surface area contributed by atoms with Crippen LogP contribution in [0.4, 0.5) is 0 Å². The van der Waals surface area contributed by atoms with Crippen LogP contribution in [0.3, 0.4) is 0 Å². The molecule has 0 aliphatic heterocycles. The normalized spacial score (nSPS) is 10.9. The average Bonchev–Trinajstić information content (AvgIpc) is 3.13. The molecule has 138 valence electrons. The van der Waals surface area contributed by atoms with Crippen molar-refractivity contribution < 1.29 is 14.3 Å². The van der Waals surface area contributed by atoms with Crippen molar-refractivity contribution in [3.63, 3.8) is 0 Å². The number of nitrogens with zero attached hydrogens (tertiary/aromatic N) is 1. The number of halogens is 1. The SMILES string of the molecule is Cc1ccc(/C=C/C(=O)OCc2csc(COc3ccc(Cl)cc3)n2)cc1. The van der Waals surface area contributed by atoms with Gasteiger partial charge in [0.2, 0.25) is 0 Å². The zero-order valence-electron chi connectivity index (χ0n) is 14.7. The third-order valence-electron chi connectivity index (χ3n) is 3.63. The molecule has 3 rings (SSSR count). The summed E-state index contributed by atoms with van der Waals surface area (Å²) in [6.07, 6.45) is 3.15. The van der Waals surface area contributed by atoms with Crippen LogP contribution in [-0.2, 0) is 22.7 Å². The van der Waals surface area contributed by atoms with Gasteiger partial charge in [0.05, 0.1) is 5.69 Å². The van der Waals surface area contributed by atoms with Gasteiger partial charge in [-0.15, -0.1) is 11.3 Å². The van der Waals surface area contributed by atoms with Crippen LogP contribution in [0.1, 0.15) is 21.8 Å². The molecule has 3 aromatic rings. The Balaban J connectivity index is 1.45. The van der Waals surface area contributed by atoms with Crippen LogP contribution in [0.2, 0.25) is 5.02 Å². The quantitative estimate of drug-likeness (QED) is 0.392. The average molecular weight is 400 g/mol. The number of carbonyl (C=O) groups excluding carboxylic acids is 1. The van der Waals surface area contributed by atoms with E-state index in [1.807, 2.05) is 36.6 Å². The van der Waals surface area contributed by atoms with Crippen LogP contribution in [0.15, 0.2) is 60.0 Å². The largest absolute Gasteiger partial charge is 0.486 e. The van der Waals surface area contributed by atoms with Crippen LogP contribution < -0.4 is 4.74 Å². The molecule has 0 aliphatic carbocycles. The standard InChI is InChI=1S/C21H18ClNO3S/c1-15-2-4-16(5-3-15)6-11-21(24)26-12-18-14-27-20(23-18)13-25-19-9-7-17(22)8-10-19/h2-11,14H,12-13H2,1H3/b11-6+.